The van der Waals surface area contributed by atoms with Gasteiger partial charge in [-0.05, 0) is 43.8 Å². The number of rotatable bonds is 3. The van der Waals surface area contributed by atoms with Crippen LogP contribution in [0.25, 0.3) is 0 Å². The molecule has 0 spiro atoms. The number of likely N-dealkylation sites (N-methyl/N-ethyl adjacent to an activating group) is 1. The molecule has 2 aliphatic heterocycles. The third-order valence-electron chi connectivity index (χ3n) is 5.28. The van der Waals surface area contributed by atoms with Gasteiger partial charge in [0.25, 0.3) is 0 Å². The number of ether oxygens (including phenoxy) is 1. The second-order valence-corrected chi connectivity index (χ2v) is 7.05. The Balaban J connectivity index is 1.42. The number of nitrogens with zero attached hydrogens (tertiary/aromatic N) is 2. The highest BCUT2D eigenvalue weighted by atomic mass is 16.5. The summed E-state index contributed by atoms with van der Waals surface area (Å²) in [6.07, 6.45) is 0.711. The van der Waals surface area contributed by atoms with E-state index >= 15 is 0 Å². The summed E-state index contributed by atoms with van der Waals surface area (Å²) >= 11 is 0. The Kier molecular flexibility index (Phi) is 4.80. The van der Waals surface area contributed by atoms with Gasteiger partial charge in [-0.1, -0.05) is 18.2 Å². The number of hydrogen-bond donors (Lipinski definition) is 1. The second-order valence-electron chi connectivity index (χ2n) is 7.05. The minimum absolute atomic E-state index is 0.0353. The van der Waals surface area contributed by atoms with E-state index in [0.29, 0.717) is 13.0 Å². The van der Waals surface area contributed by atoms with Gasteiger partial charge in [0.15, 0.2) is 0 Å². The lowest BCUT2D eigenvalue weighted by Gasteiger charge is -2.34. The van der Waals surface area contributed by atoms with Crippen LogP contribution in [0.2, 0.25) is 0 Å². The Morgan fingerprint density at radius 3 is 2.54 bits per heavy atom. The van der Waals surface area contributed by atoms with Crippen LogP contribution in [-0.4, -0.2) is 50.6 Å². The van der Waals surface area contributed by atoms with Gasteiger partial charge in [-0.25, -0.2) is 0 Å². The van der Waals surface area contributed by atoms with Crippen molar-refractivity contribution in [1.29, 1.82) is 0 Å². The fraction of sp³-hybridized carbons (Fsp3) is 0.381. The summed E-state index contributed by atoms with van der Waals surface area (Å²) in [4.78, 5) is 17.5. The SMILES string of the molecule is CN1CCN(c2ccc(NC(=O)C3CCOc4ccccc43)cc2)CC1. The number of amides is 1. The van der Waals surface area contributed by atoms with Crippen molar-refractivity contribution in [2.75, 3.05) is 50.1 Å². The predicted molar refractivity (Wildman–Crippen MR) is 104 cm³/mol. The number of para-hydroxylation sites is 1. The maximum atomic E-state index is 12.8. The minimum Gasteiger partial charge on any atom is -0.493 e. The lowest BCUT2D eigenvalue weighted by molar-refractivity contribution is -0.118. The quantitative estimate of drug-likeness (QED) is 0.923. The van der Waals surface area contributed by atoms with E-state index in [1.54, 1.807) is 0 Å². The molecule has 0 radical (unpaired) electrons. The van der Waals surface area contributed by atoms with Crippen LogP contribution in [0.4, 0.5) is 11.4 Å². The van der Waals surface area contributed by atoms with Gasteiger partial charge in [0, 0.05) is 43.1 Å². The monoisotopic (exact) mass is 351 g/mol. The van der Waals surface area contributed by atoms with E-state index in [4.69, 9.17) is 4.74 Å². The molecule has 1 N–H and O–H groups in total. The van der Waals surface area contributed by atoms with Gasteiger partial charge in [0.2, 0.25) is 5.91 Å². The van der Waals surface area contributed by atoms with Gasteiger partial charge in [-0.3, -0.25) is 4.79 Å². The van der Waals surface area contributed by atoms with Crippen LogP contribution in [-0.2, 0) is 4.79 Å². The number of carbonyl (C=O) groups is 1. The van der Waals surface area contributed by atoms with Crippen LogP contribution in [0.5, 0.6) is 5.75 Å². The molecular formula is C21H25N3O2. The van der Waals surface area contributed by atoms with Crippen molar-refractivity contribution in [3.63, 3.8) is 0 Å². The van der Waals surface area contributed by atoms with Crippen molar-refractivity contribution in [2.24, 2.45) is 0 Å². The molecule has 5 heteroatoms. The van der Waals surface area contributed by atoms with Crippen LogP contribution >= 0.6 is 0 Å². The molecule has 1 amide bonds. The molecule has 1 saturated heterocycles. The van der Waals surface area contributed by atoms with E-state index in [2.05, 4.69) is 34.3 Å². The number of carbonyl (C=O) groups excluding carboxylic acids is 1. The molecule has 1 atom stereocenters. The zero-order valence-corrected chi connectivity index (χ0v) is 15.1. The molecular weight excluding hydrogens is 326 g/mol. The first-order valence-corrected chi connectivity index (χ1v) is 9.27. The van der Waals surface area contributed by atoms with E-state index in [9.17, 15) is 4.79 Å². The molecule has 2 aromatic carbocycles. The molecule has 4 rings (SSSR count). The Morgan fingerprint density at radius 2 is 1.77 bits per heavy atom. The van der Waals surface area contributed by atoms with Gasteiger partial charge in [-0.15, -0.1) is 0 Å². The molecule has 2 heterocycles. The Bertz CT molecular complexity index is 767. The normalized spacial score (nSPS) is 20.2. The van der Waals surface area contributed by atoms with Crippen molar-refractivity contribution < 1.29 is 9.53 Å². The fourth-order valence-corrected chi connectivity index (χ4v) is 3.66. The molecule has 5 nitrogen and oxygen atoms in total. The molecule has 2 aliphatic rings. The van der Waals surface area contributed by atoms with E-state index in [1.165, 1.54) is 5.69 Å². The van der Waals surface area contributed by atoms with Gasteiger partial charge in [-0.2, -0.15) is 0 Å². The summed E-state index contributed by atoms with van der Waals surface area (Å²) in [5, 5.41) is 3.07. The highest BCUT2D eigenvalue weighted by molar-refractivity contribution is 5.96. The third kappa shape index (κ3) is 3.53. The summed E-state index contributed by atoms with van der Waals surface area (Å²) in [6, 6.07) is 16.0. The van der Waals surface area contributed by atoms with E-state index in [0.717, 1.165) is 43.2 Å². The minimum atomic E-state index is -0.155. The van der Waals surface area contributed by atoms with Gasteiger partial charge >= 0.3 is 0 Å². The predicted octanol–water partition coefficient (Wildman–Crippen LogP) is 2.94. The lowest BCUT2D eigenvalue weighted by Crippen LogP contribution is -2.44. The zero-order valence-electron chi connectivity index (χ0n) is 15.1. The first-order valence-electron chi connectivity index (χ1n) is 9.27. The smallest absolute Gasteiger partial charge is 0.232 e. The molecule has 136 valence electrons. The van der Waals surface area contributed by atoms with Crippen molar-refractivity contribution in [2.45, 2.75) is 12.3 Å². The van der Waals surface area contributed by atoms with E-state index < -0.39 is 0 Å². The number of nitrogens with one attached hydrogen (secondary N) is 1. The standard InChI is InChI=1S/C21H25N3O2/c1-23-11-13-24(14-12-23)17-8-6-16(7-9-17)22-21(25)19-10-15-26-20-5-3-2-4-18(19)20/h2-9,19H,10-15H2,1H3,(H,22,25). The van der Waals surface area contributed by atoms with E-state index in [-0.39, 0.29) is 11.8 Å². The molecule has 0 saturated carbocycles. The van der Waals surface area contributed by atoms with Crippen molar-refractivity contribution in [3.05, 3.63) is 54.1 Å². The Morgan fingerprint density at radius 1 is 1.04 bits per heavy atom. The van der Waals surface area contributed by atoms with Crippen molar-refractivity contribution in [3.8, 4) is 5.75 Å². The molecule has 26 heavy (non-hydrogen) atoms. The van der Waals surface area contributed by atoms with Crippen LogP contribution in [0, 0.1) is 0 Å². The Hall–Kier alpha value is -2.53. The van der Waals surface area contributed by atoms with Crippen molar-refractivity contribution in [1.82, 2.24) is 4.90 Å². The lowest BCUT2D eigenvalue weighted by atomic mass is 9.92. The molecule has 1 fully saturated rings. The molecule has 0 bridgehead atoms. The summed E-state index contributed by atoms with van der Waals surface area (Å²) in [7, 11) is 2.16. The first-order chi connectivity index (χ1) is 12.7. The summed E-state index contributed by atoms with van der Waals surface area (Å²) in [5.74, 6) is 0.703. The molecule has 0 aliphatic carbocycles. The number of anilines is 2. The maximum absolute atomic E-state index is 12.8. The zero-order chi connectivity index (χ0) is 17.9. The highest BCUT2D eigenvalue weighted by Gasteiger charge is 2.27. The van der Waals surface area contributed by atoms with Crippen LogP contribution < -0.4 is 15.0 Å². The maximum Gasteiger partial charge on any atom is 0.232 e. The number of piperazine rings is 1. The average molecular weight is 351 g/mol. The highest BCUT2D eigenvalue weighted by Crippen LogP contribution is 2.34. The summed E-state index contributed by atoms with van der Waals surface area (Å²) < 4.78 is 5.66. The summed E-state index contributed by atoms with van der Waals surface area (Å²) in [6.45, 7) is 4.84. The molecule has 2 aromatic rings. The third-order valence-corrected chi connectivity index (χ3v) is 5.28. The van der Waals surface area contributed by atoms with Crippen molar-refractivity contribution >= 4 is 17.3 Å². The van der Waals surface area contributed by atoms with Crippen LogP contribution in [0.3, 0.4) is 0 Å². The van der Waals surface area contributed by atoms with Crippen LogP contribution in [0.1, 0.15) is 17.9 Å². The second kappa shape index (κ2) is 7.38. The number of fused-ring (bicyclic) bond motifs is 1. The largest absolute Gasteiger partial charge is 0.493 e. The number of hydrogen-bond acceptors (Lipinski definition) is 4. The first kappa shape index (κ1) is 16.9. The molecule has 0 aromatic heterocycles. The topological polar surface area (TPSA) is 44.8 Å². The Labute approximate surface area is 154 Å². The van der Waals surface area contributed by atoms with Gasteiger partial charge < -0.3 is 19.9 Å². The fourth-order valence-electron chi connectivity index (χ4n) is 3.66. The van der Waals surface area contributed by atoms with Gasteiger partial charge in [0.05, 0.1) is 12.5 Å². The summed E-state index contributed by atoms with van der Waals surface area (Å²) in [5.41, 5.74) is 3.04. The molecule has 1 unspecified atom stereocenters. The van der Waals surface area contributed by atoms with Gasteiger partial charge in [0.1, 0.15) is 5.75 Å². The van der Waals surface area contributed by atoms with E-state index in [1.807, 2.05) is 36.4 Å². The number of benzene rings is 2. The van der Waals surface area contributed by atoms with Crippen LogP contribution in [0.15, 0.2) is 48.5 Å². The average Bonchev–Trinajstić information content (AvgIpc) is 2.69.